The highest BCUT2D eigenvalue weighted by molar-refractivity contribution is 5.74. The lowest BCUT2D eigenvalue weighted by Gasteiger charge is -2.10. The molecule has 1 unspecified atom stereocenters. The molecule has 0 bridgehead atoms. The van der Waals surface area contributed by atoms with Crippen LogP contribution in [0.3, 0.4) is 0 Å². The summed E-state index contributed by atoms with van der Waals surface area (Å²) in [5, 5.41) is 0. The van der Waals surface area contributed by atoms with E-state index in [1.54, 1.807) is 6.07 Å². The molecule has 0 saturated heterocycles. The maximum atomic E-state index is 14.9. The summed E-state index contributed by atoms with van der Waals surface area (Å²) < 4.78 is 14.9. The smallest absolute Gasteiger partial charge is 0.131 e. The van der Waals surface area contributed by atoms with E-state index in [4.69, 9.17) is 0 Å². The van der Waals surface area contributed by atoms with Crippen molar-refractivity contribution in [1.29, 1.82) is 0 Å². The largest absolute Gasteiger partial charge is 0.206 e. The third-order valence-corrected chi connectivity index (χ3v) is 6.26. The van der Waals surface area contributed by atoms with Crippen LogP contribution in [0.15, 0.2) is 72.8 Å². The third kappa shape index (κ3) is 4.56. The zero-order chi connectivity index (χ0) is 20.9. The van der Waals surface area contributed by atoms with Crippen molar-refractivity contribution in [3.8, 4) is 22.3 Å². The van der Waals surface area contributed by atoms with E-state index in [0.717, 1.165) is 35.4 Å². The molecule has 1 atom stereocenters. The molecule has 0 N–H and O–H groups in total. The quantitative estimate of drug-likeness (QED) is 0.373. The molecule has 30 heavy (non-hydrogen) atoms. The van der Waals surface area contributed by atoms with Crippen molar-refractivity contribution < 1.29 is 4.39 Å². The predicted octanol–water partition coefficient (Wildman–Crippen LogP) is 8.71. The van der Waals surface area contributed by atoms with E-state index in [2.05, 4.69) is 68.5 Å². The first-order valence-electron chi connectivity index (χ1n) is 11.4. The minimum absolute atomic E-state index is 0.166. The van der Waals surface area contributed by atoms with Crippen molar-refractivity contribution in [2.75, 3.05) is 0 Å². The molecular formula is C29H31F. The van der Waals surface area contributed by atoms with Gasteiger partial charge in [0.05, 0.1) is 0 Å². The van der Waals surface area contributed by atoms with Gasteiger partial charge in [-0.15, -0.1) is 0 Å². The second-order valence-corrected chi connectivity index (χ2v) is 8.54. The Balaban J connectivity index is 1.50. The maximum absolute atomic E-state index is 14.9. The zero-order valence-electron chi connectivity index (χ0n) is 18.1. The molecule has 1 aliphatic rings. The van der Waals surface area contributed by atoms with Gasteiger partial charge < -0.3 is 0 Å². The molecule has 0 nitrogen and oxygen atoms in total. The lowest BCUT2D eigenvalue weighted by Crippen LogP contribution is -1.93. The molecule has 0 heterocycles. The van der Waals surface area contributed by atoms with Crippen LogP contribution in [0.2, 0.25) is 0 Å². The molecule has 154 valence electrons. The Morgan fingerprint density at radius 1 is 0.767 bits per heavy atom. The van der Waals surface area contributed by atoms with E-state index in [1.165, 1.54) is 42.4 Å². The van der Waals surface area contributed by atoms with E-state index in [0.29, 0.717) is 5.56 Å². The molecule has 0 spiro atoms. The van der Waals surface area contributed by atoms with Crippen LogP contribution < -0.4 is 0 Å². The second-order valence-electron chi connectivity index (χ2n) is 8.54. The maximum Gasteiger partial charge on any atom is 0.131 e. The van der Waals surface area contributed by atoms with Crippen LogP contribution in [-0.2, 0) is 6.42 Å². The predicted molar refractivity (Wildman–Crippen MR) is 127 cm³/mol. The summed E-state index contributed by atoms with van der Waals surface area (Å²) in [6.45, 7) is 4.44. The number of allylic oxidation sites excluding steroid dienone is 2. The van der Waals surface area contributed by atoms with E-state index >= 15 is 0 Å². The van der Waals surface area contributed by atoms with Gasteiger partial charge in [0.1, 0.15) is 5.82 Å². The molecule has 0 aromatic heterocycles. The van der Waals surface area contributed by atoms with Gasteiger partial charge in [0, 0.05) is 5.56 Å². The highest BCUT2D eigenvalue weighted by atomic mass is 19.1. The Labute approximate surface area is 180 Å². The molecule has 1 aliphatic carbocycles. The number of aryl methyl sites for hydroxylation is 1. The van der Waals surface area contributed by atoms with Gasteiger partial charge in [0.15, 0.2) is 0 Å². The van der Waals surface area contributed by atoms with Gasteiger partial charge in [-0.2, -0.15) is 0 Å². The minimum atomic E-state index is -0.166. The Bertz CT molecular complexity index is 1010. The standard InChI is InChI=1S/C29H31F/c1-3-5-21-7-10-23(11-8-21)27-17-18-28(29(30)20-27)25-15-13-24(14-16-25)26-12-9-22(19-26)6-4-2/h7-8,10-18,20,22H,3-6,9,19H2,1-2H3. The van der Waals surface area contributed by atoms with Gasteiger partial charge in [-0.1, -0.05) is 99.8 Å². The lowest BCUT2D eigenvalue weighted by atomic mass is 9.95. The molecule has 0 saturated carbocycles. The van der Waals surface area contributed by atoms with Crippen molar-refractivity contribution in [3.05, 3.63) is 89.8 Å². The molecule has 0 radical (unpaired) electrons. The third-order valence-electron chi connectivity index (χ3n) is 6.26. The van der Waals surface area contributed by atoms with E-state index in [1.807, 2.05) is 12.1 Å². The molecule has 1 heteroatoms. The van der Waals surface area contributed by atoms with Crippen LogP contribution in [0.4, 0.5) is 4.39 Å². The first kappa shape index (κ1) is 20.6. The summed E-state index contributed by atoms with van der Waals surface area (Å²) in [6, 6.07) is 22.5. The molecular weight excluding hydrogens is 367 g/mol. The van der Waals surface area contributed by atoms with Crippen LogP contribution in [0.1, 0.15) is 57.1 Å². The Kier molecular flexibility index (Phi) is 6.47. The van der Waals surface area contributed by atoms with Crippen LogP contribution in [0.25, 0.3) is 27.8 Å². The van der Waals surface area contributed by atoms with Crippen molar-refractivity contribution in [3.63, 3.8) is 0 Å². The summed E-state index contributed by atoms with van der Waals surface area (Å²) in [7, 11) is 0. The lowest BCUT2D eigenvalue weighted by molar-refractivity contribution is 0.517. The fourth-order valence-corrected chi connectivity index (χ4v) is 4.60. The van der Waals surface area contributed by atoms with Crippen molar-refractivity contribution >= 4 is 5.57 Å². The Morgan fingerprint density at radius 3 is 2.10 bits per heavy atom. The molecule has 4 rings (SSSR count). The number of hydrogen-bond donors (Lipinski definition) is 0. The van der Waals surface area contributed by atoms with Crippen molar-refractivity contribution in [2.45, 2.75) is 52.4 Å². The van der Waals surface area contributed by atoms with Gasteiger partial charge in [-0.3, -0.25) is 0 Å². The highest BCUT2D eigenvalue weighted by Gasteiger charge is 2.17. The van der Waals surface area contributed by atoms with Gasteiger partial charge in [0.25, 0.3) is 0 Å². The normalized spacial score (nSPS) is 16.0. The van der Waals surface area contributed by atoms with Crippen molar-refractivity contribution in [1.82, 2.24) is 0 Å². The molecule has 0 amide bonds. The summed E-state index contributed by atoms with van der Waals surface area (Å²) in [5.41, 5.74) is 7.64. The average Bonchev–Trinajstić information content (AvgIpc) is 3.24. The Hall–Kier alpha value is -2.67. The fourth-order valence-electron chi connectivity index (χ4n) is 4.60. The summed E-state index contributed by atoms with van der Waals surface area (Å²) in [6.07, 6.45) is 9.53. The van der Waals surface area contributed by atoms with Crippen LogP contribution in [-0.4, -0.2) is 0 Å². The van der Waals surface area contributed by atoms with Crippen LogP contribution in [0, 0.1) is 11.7 Å². The highest BCUT2D eigenvalue weighted by Crippen LogP contribution is 2.36. The second kappa shape index (κ2) is 9.43. The zero-order valence-corrected chi connectivity index (χ0v) is 18.1. The van der Waals surface area contributed by atoms with Gasteiger partial charge >= 0.3 is 0 Å². The fraction of sp³-hybridized carbons (Fsp3) is 0.310. The van der Waals surface area contributed by atoms with Gasteiger partial charge in [0.2, 0.25) is 0 Å². The molecule has 3 aromatic rings. The minimum Gasteiger partial charge on any atom is -0.206 e. The summed E-state index contributed by atoms with van der Waals surface area (Å²) >= 11 is 0. The summed E-state index contributed by atoms with van der Waals surface area (Å²) in [4.78, 5) is 0. The SMILES string of the molecule is CCCc1ccc(-c2ccc(-c3ccc(C4=CCC(CCC)C4)cc3)c(F)c2)cc1. The monoisotopic (exact) mass is 398 g/mol. The first-order valence-corrected chi connectivity index (χ1v) is 11.4. The van der Waals surface area contributed by atoms with E-state index in [9.17, 15) is 4.39 Å². The number of halogens is 1. The number of hydrogen-bond acceptors (Lipinski definition) is 0. The first-order chi connectivity index (χ1) is 14.7. The van der Waals surface area contributed by atoms with Crippen LogP contribution in [0.5, 0.6) is 0 Å². The average molecular weight is 399 g/mol. The summed E-state index contributed by atoms with van der Waals surface area (Å²) in [5.74, 6) is 0.631. The Morgan fingerprint density at radius 2 is 1.43 bits per heavy atom. The number of benzene rings is 3. The van der Waals surface area contributed by atoms with Crippen LogP contribution >= 0.6 is 0 Å². The molecule has 0 fully saturated rings. The van der Waals surface area contributed by atoms with Gasteiger partial charge in [-0.25, -0.2) is 4.39 Å². The van der Waals surface area contributed by atoms with Gasteiger partial charge in [-0.05, 0) is 64.6 Å². The topological polar surface area (TPSA) is 0 Å². The van der Waals surface area contributed by atoms with Crippen molar-refractivity contribution in [2.24, 2.45) is 5.92 Å². The van der Waals surface area contributed by atoms with E-state index < -0.39 is 0 Å². The number of rotatable bonds is 7. The molecule has 0 aliphatic heterocycles. The molecule has 3 aromatic carbocycles. The van der Waals surface area contributed by atoms with E-state index in [-0.39, 0.29) is 5.82 Å².